The first-order valence-corrected chi connectivity index (χ1v) is 5.76. The second-order valence-corrected chi connectivity index (χ2v) is 4.67. The Hall–Kier alpha value is -1.60. The number of nitrogens with zero attached hydrogens (tertiary/aromatic N) is 2. The molecule has 0 spiro atoms. The summed E-state index contributed by atoms with van der Waals surface area (Å²) >= 11 is 0. The molecule has 0 aromatic heterocycles. The van der Waals surface area contributed by atoms with E-state index in [0.29, 0.717) is 17.6 Å². The Morgan fingerprint density at radius 1 is 1.53 bits per heavy atom. The van der Waals surface area contributed by atoms with Crippen LogP contribution in [0.1, 0.15) is 18.9 Å². The highest BCUT2D eigenvalue weighted by Gasteiger charge is 2.26. The summed E-state index contributed by atoms with van der Waals surface area (Å²) in [6, 6.07) is 7.17. The van der Waals surface area contributed by atoms with E-state index in [1.165, 1.54) is 12.1 Å². The summed E-state index contributed by atoms with van der Waals surface area (Å²) in [6.45, 7) is 3.13. The number of anilines is 1. The lowest BCUT2D eigenvalue weighted by molar-refractivity contribution is 0.330. The van der Waals surface area contributed by atoms with E-state index in [0.717, 1.165) is 18.7 Å². The number of likely N-dealkylation sites (tertiary alicyclic amines) is 1. The molecule has 4 heteroatoms. The molecular formula is C13H16FN3. The molecule has 17 heavy (non-hydrogen) atoms. The molecule has 3 nitrogen and oxygen atoms in total. The lowest BCUT2D eigenvalue weighted by atomic mass is 10.1. The molecule has 1 aliphatic heterocycles. The van der Waals surface area contributed by atoms with E-state index in [1.54, 1.807) is 6.07 Å². The highest BCUT2D eigenvalue weighted by molar-refractivity contribution is 5.58. The highest BCUT2D eigenvalue weighted by atomic mass is 19.1. The number of hydrogen-bond acceptors (Lipinski definition) is 3. The monoisotopic (exact) mass is 233 g/mol. The molecule has 1 aliphatic rings. The van der Waals surface area contributed by atoms with Crippen molar-refractivity contribution in [2.75, 3.05) is 18.9 Å². The van der Waals surface area contributed by atoms with Gasteiger partial charge in [-0.2, -0.15) is 5.26 Å². The third kappa shape index (κ3) is 2.56. The Morgan fingerprint density at radius 3 is 2.88 bits per heavy atom. The van der Waals surface area contributed by atoms with Crippen molar-refractivity contribution in [3.63, 3.8) is 0 Å². The van der Waals surface area contributed by atoms with Gasteiger partial charge in [-0.05, 0) is 38.6 Å². The number of likely N-dealkylation sites (N-methyl/N-ethyl adjacent to an activating group) is 1. The largest absolute Gasteiger partial charge is 0.380 e. The minimum atomic E-state index is -0.371. The minimum Gasteiger partial charge on any atom is -0.380 e. The number of benzene rings is 1. The van der Waals surface area contributed by atoms with Gasteiger partial charge in [0, 0.05) is 18.6 Å². The quantitative estimate of drug-likeness (QED) is 0.851. The summed E-state index contributed by atoms with van der Waals surface area (Å²) < 4.78 is 13.0. The van der Waals surface area contributed by atoms with Gasteiger partial charge in [-0.15, -0.1) is 0 Å². The number of nitriles is 1. The van der Waals surface area contributed by atoms with Crippen LogP contribution in [0.15, 0.2) is 18.2 Å². The fourth-order valence-corrected chi connectivity index (χ4v) is 2.25. The third-order valence-corrected chi connectivity index (χ3v) is 3.35. The summed E-state index contributed by atoms with van der Waals surface area (Å²) in [5.41, 5.74) is 1.09. The molecule has 2 rings (SSSR count). The fraction of sp³-hybridized carbons (Fsp3) is 0.462. The van der Waals surface area contributed by atoms with Crippen molar-refractivity contribution < 1.29 is 4.39 Å². The molecule has 0 bridgehead atoms. The van der Waals surface area contributed by atoms with Gasteiger partial charge in [-0.25, -0.2) is 4.39 Å². The number of nitrogens with one attached hydrogen (secondary N) is 1. The van der Waals surface area contributed by atoms with Crippen LogP contribution in [0.4, 0.5) is 10.1 Å². The number of hydrogen-bond donors (Lipinski definition) is 1. The van der Waals surface area contributed by atoms with Crippen molar-refractivity contribution in [3.05, 3.63) is 29.6 Å². The van der Waals surface area contributed by atoms with Crippen LogP contribution >= 0.6 is 0 Å². The van der Waals surface area contributed by atoms with E-state index in [4.69, 9.17) is 5.26 Å². The van der Waals surface area contributed by atoms with Gasteiger partial charge in [0.2, 0.25) is 0 Å². The lowest BCUT2D eigenvalue weighted by Crippen LogP contribution is -2.25. The van der Waals surface area contributed by atoms with Gasteiger partial charge < -0.3 is 10.2 Å². The van der Waals surface area contributed by atoms with E-state index in [2.05, 4.69) is 24.2 Å². The van der Waals surface area contributed by atoms with Crippen molar-refractivity contribution in [2.24, 2.45) is 0 Å². The van der Waals surface area contributed by atoms with Crippen LogP contribution in [0.2, 0.25) is 0 Å². The van der Waals surface area contributed by atoms with Crippen molar-refractivity contribution >= 4 is 5.69 Å². The zero-order chi connectivity index (χ0) is 12.4. The van der Waals surface area contributed by atoms with Gasteiger partial charge in [-0.1, -0.05) is 0 Å². The molecule has 1 N–H and O–H groups in total. The standard InChI is InChI=1S/C13H16FN3/c1-9-5-12(8-17(9)2)16-13-4-3-11(14)6-10(13)7-15/h3-4,6,9,12,16H,5,8H2,1-2H3. The first-order chi connectivity index (χ1) is 8.10. The zero-order valence-corrected chi connectivity index (χ0v) is 10.1. The molecule has 2 unspecified atom stereocenters. The van der Waals surface area contributed by atoms with Crippen LogP contribution < -0.4 is 5.32 Å². The van der Waals surface area contributed by atoms with Gasteiger partial charge in [-0.3, -0.25) is 0 Å². The number of rotatable bonds is 2. The van der Waals surface area contributed by atoms with Crippen molar-refractivity contribution in [3.8, 4) is 6.07 Å². The molecule has 2 atom stereocenters. The Kier molecular flexibility index (Phi) is 3.30. The summed E-state index contributed by atoms with van der Waals surface area (Å²) in [5, 5.41) is 12.3. The molecule has 1 saturated heterocycles. The van der Waals surface area contributed by atoms with E-state index in [-0.39, 0.29) is 5.82 Å². The normalized spacial score (nSPS) is 24.6. The highest BCUT2D eigenvalue weighted by Crippen LogP contribution is 2.22. The molecule has 0 aliphatic carbocycles. The van der Waals surface area contributed by atoms with Crippen LogP contribution in [-0.4, -0.2) is 30.6 Å². The van der Waals surface area contributed by atoms with Crippen LogP contribution in [0.3, 0.4) is 0 Å². The molecule has 90 valence electrons. The van der Waals surface area contributed by atoms with Gasteiger partial charge in [0.1, 0.15) is 11.9 Å². The van der Waals surface area contributed by atoms with Crippen LogP contribution in [0.5, 0.6) is 0 Å². The Bertz CT molecular complexity index is 442. The summed E-state index contributed by atoms with van der Waals surface area (Å²) in [5.74, 6) is -0.371. The zero-order valence-electron chi connectivity index (χ0n) is 10.1. The first-order valence-electron chi connectivity index (χ1n) is 5.76. The van der Waals surface area contributed by atoms with E-state index in [1.807, 2.05) is 6.07 Å². The topological polar surface area (TPSA) is 39.1 Å². The lowest BCUT2D eigenvalue weighted by Gasteiger charge is -2.15. The predicted octanol–water partition coefficient (Wildman–Crippen LogP) is 2.20. The molecule has 0 radical (unpaired) electrons. The van der Waals surface area contributed by atoms with Crippen LogP contribution in [0, 0.1) is 17.1 Å². The smallest absolute Gasteiger partial charge is 0.124 e. The Morgan fingerprint density at radius 2 is 2.29 bits per heavy atom. The predicted molar refractivity (Wildman–Crippen MR) is 65.2 cm³/mol. The second kappa shape index (κ2) is 4.72. The summed E-state index contributed by atoms with van der Waals surface area (Å²) in [7, 11) is 2.09. The number of halogens is 1. The Balaban J connectivity index is 2.12. The van der Waals surface area contributed by atoms with Gasteiger partial charge in [0.05, 0.1) is 11.3 Å². The second-order valence-electron chi connectivity index (χ2n) is 4.67. The summed E-state index contributed by atoms with van der Waals surface area (Å²) in [6.07, 6.45) is 1.04. The van der Waals surface area contributed by atoms with E-state index < -0.39 is 0 Å². The van der Waals surface area contributed by atoms with E-state index >= 15 is 0 Å². The average Bonchev–Trinajstić information content (AvgIpc) is 2.60. The molecular weight excluding hydrogens is 217 g/mol. The van der Waals surface area contributed by atoms with Crippen LogP contribution in [-0.2, 0) is 0 Å². The molecule has 0 amide bonds. The third-order valence-electron chi connectivity index (χ3n) is 3.35. The van der Waals surface area contributed by atoms with Crippen molar-refractivity contribution in [1.82, 2.24) is 4.90 Å². The minimum absolute atomic E-state index is 0.326. The van der Waals surface area contributed by atoms with Crippen LogP contribution in [0.25, 0.3) is 0 Å². The molecule has 0 saturated carbocycles. The average molecular weight is 233 g/mol. The molecule has 1 aromatic rings. The Labute approximate surface area is 101 Å². The maximum Gasteiger partial charge on any atom is 0.124 e. The molecule has 1 heterocycles. The van der Waals surface area contributed by atoms with Gasteiger partial charge in [0.15, 0.2) is 0 Å². The maximum absolute atomic E-state index is 13.0. The van der Waals surface area contributed by atoms with Gasteiger partial charge >= 0.3 is 0 Å². The van der Waals surface area contributed by atoms with Crippen molar-refractivity contribution in [2.45, 2.75) is 25.4 Å². The van der Waals surface area contributed by atoms with Crippen molar-refractivity contribution in [1.29, 1.82) is 5.26 Å². The molecule has 1 aromatic carbocycles. The first kappa shape index (κ1) is 11.9. The van der Waals surface area contributed by atoms with E-state index in [9.17, 15) is 4.39 Å². The molecule has 1 fully saturated rings. The van der Waals surface area contributed by atoms with Gasteiger partial charge in [0.25, 0.3) is 0 Å². The maximum atomic E-state index is 13.0. The summed E-state index contributed by atoms with van der Waals surface area (Å²) in [4.78, 5) is 2.27. The fourth-order valence-electron chi connectivity index (χ4n) is 2.25. The SMILES string of the molecule is CC1CC(Nc2ccc(F)cc2C#N)CN1C.